The molecule has 0 fully saturated rings. The number of aliphatic hydroxyl groups is 1. The molecule has 5 N–H and O–H groups in total. The SMILES string of the molecule is CNCCNc1ccc2c3c(nn2CCNCCO)-c2cccc(O)c2C(=O)c13. The summed E-state index contributed by atoms with van der Waals surface area (Å²) in [6.45, 7) is 3.28. The summed E-state index contributed by atoms with van der Waals surface area (Å²) in [5.41, 5.74) is 3.83. The number of hydrogen-bond acceptors (Lipinski definition) is 7. The number of rotatable bonds is 9. The van der Waals surface area contributed by atoms with Crippen LogP contribution >= 0.6 is 0 Å². The maximum absolute atomic E-state index is 13.4. The Morgan fingerprint density at radius 3 is 2.72 bits per heavy atom. The van der Waals surface area contributed by atoms with Crippen LogP contribution in [0.15, 0.2) is 30.3 Å². The van der Waals surface area contributed by atoms with E-state index < -0.39 is 0 Å². The van der Waals surface area contributed by atoms with Gasteiger partial charge in [-0.3, -0.25) is 9.48 Å². The van der Waals surface area contributed by atoms with Crippen LogP contribution in [0.5, 0.6) is 5.75 Å². The van der Waals surface area contributed by atoms with Gasteiger partial charge in [-0.15, -0.1) is 0 Å². The first-order valence-corrected chi connectivity index (χ1v) is 9.78. The molecule has 0 atom stereocenters. The minimum Gasteiger partial charge on any atom is -0.507 e. The van der Waals surface area contributed by atoms with Gasteiger partial charge in [0.25, 0.3) is 0 Å². The molecule has 1 aliphatic rings. The van der Waals surface area contributed by atoms with E-state index in [4.69, 9.17) is 10.2 Å². The largest absolute Gasteiger partial charge is 0.507 e. The van der Waals surface area contributed by atoms with Gasteiger partial charge in [0.1, 0.15) is 11.4 Å². The number of nitrogens with one attached hydrogen (secondary N) is 3. The zero-order valence-corrected chi connectivity index (χ0v) is 16.3. The maximum atomic E-state index is 13.4. The molecule has 8 nitrogen and oxygen atoms in total. The number of aliphatic hydroxyl groups excluding tert-OH is 1. The zero-order chi connectivity index (χ0) is 20.4. The number of aromatic hydroxyl groups is 1. The van der Waals surface area contributed by atoms with E-state index >= 15 is 0 Å². The monoisotopic (exact) mass is 395 g/mol. The van der Waals surface area contributed by atoms with Gasteiger partial charge in [-0.1, -0.05) is 12.1 Å². The first kappa shape index (κ1) is 19.4. The van der Waals surface area contributed by atoms with Crippen molar-refractivity contribution in [2.45, 2.75) is 6.54 Å². The molecule has 29 heavy (non-hydrogen) atoms. The highest BCUT2D eigenvalue weighted by molar-refractivity contribution is 6.28. The van der Waals surface area contributed by atoms with Gasteiger partial charge in [-0.05, 0) is 25.2 Å². The zero-order valence-electron chi connectivity index (χ0n) is 16.3. The number of anilines is 1. The van der Waals surface area contributed by atoms with Crippen molar-refractivity contribution in [2.75, 3.05) is 45.2 Å². The third kappa shape index (κ3) is 3.35. The second-order valence-corrected chi connectivity index (χ2v) is 6.99. The van der Waals surface area contributed by atoms with Gasteiger partial charge in [0.2, 0.25) is 0 Å². The van der Waals surface area contributed by atoms with Crippen molar-refractivity contribution >= 4 is 22.4 Å². The van der Waals surface area contributed by atoms with Crippen LogP contribution in [0.2, 0.25) is 0 Å². The molecule has 0 bridgehead atoms. The molecule has 2 aromatic carbocycles. The molecule has 0 spiro atoms. The van der Waals surface area contributed by atoms with Crippen LogP contribution < -0.4 is 16.0 Å². The fourth-order valence-corrected chi connectivity index (χ4v) is 3.83. The molecule has 152 valence electrons. The highest BCUT2D eigenvalue weighted by Gasteiger charge is 2.32. The lowest BCUT2D eigenvalue weighted by Gasteiger charge is -2.19. The molecule has 3 aromatic rings. The van der Waals surface area contributed by atoms with Crippen LogP contribution in [0.1, 0.15) is 15.9 Å². The Kier molecular flexibility index (Phi) is 5.48. The number of carbonyl (C=O) groups is 1. The number of carbonyl (C=O) groups excluding carboxylic acids is 1. The minimum absolute atomic E-state index is 0.0320. The Bertz CT molecular complexity index is 1060. The van der Waals surface area contributed by atoms with E-state index in [2.05, 4.69) is 16.0 Å². The van der Waals surface area contributed by atoms with Crippen LogP contribution in [0.25, 0.3) is 22.2 Å². The van der Waals surface area contributed by atoms with Gasteiger partial charge >= 0.3 is 0 Å². The number of nitrogens with zero attached hydrogens (tertiary/aromatic N) is 2. The van der Waals surface area contributed by atoms with Crippen molar-refractivity contribution in [1.82, 2.24) is 20.4 Å². The molecule has 0 amide bonds. The maximum Gasteiger partial charge on any atom is 0.200 e. The third-order valence-corrected chi connectivity index (χ3v) is 5.15. The Hall–Kier alpha value is -2.94. The lowest BCUT2D eigenvalue weighted by atomic mass is 9.86. The summed E-state index contributed by atoms with van der Waals surface area (Å²) in [5.74, 6) is -0.225. The molecular weight excluding hydrogens is 370 g/mol. The number of phenols is 1. The smallest absolute Gasteiger partial charge is 0.200 e. The Morgan fingerprint density at radius 2 is 1.93 bits per heavy atom. The molecule has 0 radical (unpaired) electrons. The molecule has 1 aliphatic carbocycles. The van der Waals surface area contributed by atoms with E-state index in [0.717, 1.165) is 23.1 Å². The summed E-state index contributed by atoms with van der Waals surface area (Å²) in [4.78, 5) is 13.4. The van der Waals surface area contributed by atoms with E-state index in [9.17, 15) is 9.90 Å². The topological polar surface area (TPSA) is 111 Å². The number of aromatic nitrogens is 2. The summed E-state index contributed by atoms with van der Waals surface area (Å²) < 4.78 is 1.88. The fourth-order valence-electron chi connectivity index (χ4n) is 3.83. The van der Waals surface area contributed by atoms with E-state index in [-0.39, 0.29) is 18.1 Å². The number of hydrogen-bond donors (Lipinski definition) is 5. The second-order valence-electron chi connectivity index (χ2n) is 6.99. The van der Waals surface area contributed by atoms with Crippen molar-refractivity contribution in [2.24, 2.45) is 0 Å². The Morgan fingerprint density at radius 1 is 1.07 bits per heavy atom. The van der Waals surface area contributed by atoms with Crippen LogP contribution in [-0.2, 0) is 6.54 Å². The molecule has 1 aromatic heterocycles. The Labute approximate surface area is 168 Å². The summed E-state index contributed by atoms with van der Waals surface area (Å²) in [7, 11) is 1.88. The normalized spacial score (nSPS) is 12.4. The minimum atomic E-state index is -0.193. The molecule has 4 rings (SSSR count). The van der Waals surface area contributed by atoms with Crippen LogP contribution in [0, 0.1) is 0 Å². The van der Waals surface area contributed by atoms with Crippen molar-refractivity contribution in [3.63, 3.8) is 0 Å². The van der Waals surface area contributed by atoms with E-state index in [1.54, 1.807) is 6.07 Å². The third-order valence-electron chi connectivity index (χ3n) is 5.15. The van der Waals surface area contributed by atoms with Gasteiger partial charge in [0, 0.05) is 42.8 Å². The summed E-state index contributed by atoms with van der Waals surface area (Å²) in [5, 5.41) is 34.5. The quantitative estimate of drug-likeness (QED) is 0.271. The first-order chi connectivity index (χ1) is 14.2. The van der Waals surface area contributed by atoms with E-state index in [1.165, 1.54) is 6.07 Å². The Balaban J connectivity index is 1.86. The van der Waals surface area contributed by atoms with Crippen LogP contribution in [0.4, 0.5) is 5.69 Å². The number of fused-ring (bicyclic) bond motifs is 2. The lowest BCUT2D eigenvalue weighted by molar-refractivity contribution is 0.103. The summed E-state index contributed by atoms with van der Waals surface area (Å²) >= 11 is 0. The number of benzene rings is 2. The molecular formula is C21H25N5O3. The van der Waals surface area contributed by atoms with Crippen molar-refractivity contribution in [3.8, 4) is 17.0 Å². The van der Waals surface area contributed by atoms with Gasteiger partial charge in [-0.2, -0.15) is 5.10 Å². The van der Waals surface area contributed by atoms with E-state index in [1.807, 2.05) is 29.9 Å². The average Bonchev–Trinajstić information content (AvgIpc) is 3.09. The highest BCUT2D eigenvalue weighted by atomic mass is 16.3. The summed E-state index contributed by atoms with van der Waals surface area (Å²) in [6, 6.07) is 8.97. The van der Waals surface area contributed by atoms with Gasteiger partial charge in [0.05, 0.1) is 29.8 Å². The number of ketones is 1. The van der Waals surface area contributed by atoms with Crippen molar-refractivity contribution in [3.05, 3.63) is 41.5 Å². The number of phenolic OH excluding ortho intramolecular Hbond substituents is 1. The number of likely N-dealkylation sites (N-methyl/N-ethyl adjacent to an activating group) is 1. The first-order valence-electron chi connectivity index (χ1n) is 9.78. The van der Waals surface area contributed by atoms with Gasteiger partial charge in [0.15, 0.2) is 5.78 Å². The van der Waals surface area contributed by atoms with Crippen molar-refractivity contribution < 1.29 is 15.0 Å². The molecule has 1 heterocycles. The standard InChI is InChI=1S/C21H25N5O3/c1-22-7-8-24-14-5-6-15-19-18(14)21(29)17-13(3-2-4-16(17)28)20(19)25-26(15)11-9-23-10-12-27/h2-6,22-24,27-28H,7-12H2,1H3. The molecule has 0 unspecified atom stereocenters. The van der Waals surface area contributed by atoms with Crippen LogP contribution in [0.3, 0.4) is 0 Å². The molecule has 8 heteroatoms. The fraction of sp³-hybridized carbons (Fsp3) is 0.333. The molecule has 0 aliphatic heterocycles. The second kappa shape index (κ2) is 8.20. The van der Waals surface area contributed by atoms with Crippen molar-refractivity contribution in [1.29, 1.82) is 0 Å². The predicted octanol–water partition coefficient (Wildman–Crippen LogP) is 1.17. The van der Waals surface area contributed by atoms with Gasteiger partial charge in [-0.25, -0.2) is 0 Å². The predicted molar refractivity (Wildman–Crippen MR) is 113 cm³/mol. The molecule has 0 saturated carbocycles. The molecule has 0 saturated heterocycles. The van der Waals surface area contributed by atoms with Gasteiger partial charge < -0.3 is 26.2 Å². The average molecular weight is 395 g/mol. The summed E-state index contributed by atoms with van der Waals surface area (Å²) in [6.07, 6.45) is 0. The van der Waals surface area contributed by atoms with Crippen LogP contribution in [-0.4, -0.2) is 65.6 Å². The lowest BCUT2D eigenvalue weighted by Crippen LogP contribution is -2.23. The van der Waals surface area contributed by atoms with E-state index in [0.29, 0.717) is 48.6 Å². The highest BCUT2D eigenvalue weighted by Crippen LogP contribution is 2.44.